The summed E-state index contributed by atoms with van der Waals surface area (Å²) in [7, 11) is 1.50. The maximum Gasteiger partial charge on any atom is 0.141 e. The van der Waals surface area contributed by atoms with Crippen LogP contribution in [0.2, 0.25) is 0 Å². The number of ether oxygens (including phenoxy) is 1. The average Bonchev–Trinajstić information content (AvgIpc) is 2.53. The van der Waals surface area contributed by atoms with Gasteiger partial charge in [-0.1, -0.05) is 0 Å². The lowest BCUT2D eigenvalue weighted by atomic mass is 10.1. The third kappa shape index (κ3) is 1.75. The fourth-order valence-corrected chi connectivity index (χ4v) is 2.17. The van der Waals surface area contributed by atoms with Crippen LogP contribution < -0.4 is 10.2 Å². The van der Waals surface area contributed by atoms with Crippen LogP contribution >= 0.6 is 15.9 Å². The van der Waals surface area contributed by atoms with Crippen LogP contribution in [0.5, 0.6) is 5.75 Å². The van der Waals surface area contributed by atoms with E-state index >= 15 is 0 Å². The fraction of sp³-hybridized carbons (Fsp3) is 0.400. The normalized spacial score (nSPS) is 23.7. The molecule has 1 aliphatic rings. The molecule has 0 amide bonds. The van der Waals surface area contributed by atoms with Crippen LogP contribution in [0.3, 0.4) is 0 Å². The summed E-state index contributed by atoms with van der Waals surface area (Å²) in [5.74, 6) is 0.268. The Balaban J connectivity index is 2.47. The number of benzene rings is 1. The second-order valence-electron chi connectivity index (χ2n) is 3.39. The van der Waals surface area contributed by atoms with Crippen molar-refractivity contribution in [1.82, 2.24) is 5.48 Å². The van der Waals surface area contributed by atoms with Crippen molar-refractivity contribution in [2.75, 3.05) is 7.11 Å². The van der Waals surface area contributed by atoms with E-state index in [0.717, 1.165) is 4.47 Å². The van der Waals surface area contributed by atoms with Crippen molar-refractivity contribution in [1.29, 1.82) is 0 Å². The van der Waals surface area contributed by atoms with Gasteiger partial charge in [-0.25, -0.2) is 4.39 Å². The van der Waals surface area contributed by atoms with E-state index < -0.39 is 0 Å². The molecule has 0 fully saturated rings. The van der Waals surface area contributed by atoms with Gasteiger partial charge in [0.05, 0.1) is 17.1 Å². The van der Waals surface area contributed by atoms with E-state index in [2.05, 4.69) is 21.4 Å². The summed E-state index contributed by atoms with van der Waals surface area (Å²) in [6.45, 7) is 1.86. The Morgan fingerprint density at radius 1 is 1.53 bits per heavy atom. The number of rotatable bonds is 2. The highest BCUT2D eigenvalue weighted by molar-refractivity contribution is 9.10. The molecule has 0 spiro atoms. The lowest BCUT2D eigenvalue weighted by molar-refractivity contribution is 0.0331. The summed E-state index contributed by atoms with van der Waals surface area (Å²) < 4.78 is 19.9. The van der Waals surface area contributed by atoms with Gasteiger partial charge < -0.3 is 9.57 Å². The van der Waals surface area contributed by atoms with Gasteiger partial charge in [-0.15, -0.1) is 0 Å². The summed E-state index contributed by atoms with van der Waals surface area (Å²) in [4.78, 5) is 4.84. The molecule has 2 rings (SSSR count). The van der Waals surface area contributed by atoms with E-state index in [-0.39, 0.29) is 18.0 Å². The third-order valence-corrected chi connectivity index (χ3v) is 3.05. The molecule has 1 aliphatic heterocycles. The summed E-state index contributed by atoms with van der Waals surface area (Å²) >= 11 is 3.33. The minimum atomic E-state index is -0.285. The quantitative estimate of drug-likeness (QED) is 0.842. The molecule has 82 valence electrons. The van der Waals surface area contributed by atoms with Gasteiger partial charge in [0.1, 0.15) is 23.7 Å². The first-order valence-electron chi connectivity index (χ1n) is 4.58. The zero-order chi connectivity index (χ0) is 11.0. The van der Waals surface area contributed by atoms with E-state index in [9.17, 15) is 4.39 Å². The van der Waals surface area contributed by atoms with Gasteiger partial charge >= 0.3 is 0 Å². The van der Waals surface area contributed by atoms with E-state index in [0.29, 0.717) is 11.3 Å². The zero-order valence-electron chi connectivity index (χ0n) is 8.38. The molecule has 1 aromatic carbocycles. The molecule has 1 heterocycles. The van der Waals surface area contributed by atoms with E-state index in [1.165, 1.54) is 13.2 Å². The molecule has 0 saturated heterocycles. The first kappa shape index (κ1) is 10.9. The second-order valence-corrected chi connectivity index (χ2v) is 4.25. The molecule has 0 bridgehead atoms. The molecule has 0 aromatic heterocycles. The summed E-state index contributed by atoms with van der Waals surface area (Å²) in [5, 5.41) is 0. The van der Waals surface area contributed by atoms with Crippen molar-refractivity contribution >= 4 is 15.9 Å². The van der Waals surface area contributed by atoms with Gasteiger partial charge in [-0.05, 0) is 35.0 Å². The van der Waals surface area contributed by atoms with Crippen LogP contribution in [0.25, 0.3) is 0 Å². The minimum Gasteiger partial charge on any atom is -0.487 e. The first-order chi connectivity index (χ1) is 7.15. The predicted molar refractivity (Wildman–Crippen MR) is 57.1 cm³/mol. The van der Waals surface area contributed by atoms with E-state index in [1.54, 1.807) is 6.07 Å². The molecule has 0 saturated carbocycles. The van der Waals surface area contributed by atoms with E-state index in [4.69, 9.17) is 9.57 Å². The van der Waals surface area contributed by atoms with Gasteiger partial charge in [-0.3, -0.25) is 0 Å². The van der Waals surface area contributed by atoms with Crippen LogP contribution in [0.15, 0.2) is 16.6 Å². The van der Waals surface area contributed by atoms with Crippen molar-refractivity contribution < 1.29 is 14.0 Å². The largest absolute Gasteiger partial charge is 0.487 e. The number of halogens is 2. The highest BCUT2D eigenvalue weighted by Gasteiger charge is 2.35. The maximum absolute atomic E-state index is 13.6. The zero-order valence-corrected chi connectivity index (χ0v) is 9.97. The van der Waals surface area contributed by atoms with Gasteiger partial charge in [0.25, 0.3) is 0 Å². The molecule has 0 radical (unpaired) electrons. The van der Waals surface area contributed by atoms with Gasteiger partial charge in [0.2, 0.25) is 0 Å². The highest BCUT2D eigenvalue weighted by Crippen LogP contribution is 2.43. The topological polar surface area (TPSA) is 30.5 Å². The van der Waals surface area contributed by atoms with Crippen molar-refractivity contribution in [3.63, 3.8) is 0 Å². The molecule has 0 aliphatic carbocycles. The number of hydroxylamine groups is 1. The van der Waals surface area contributed by atoms with Crippen LogP contribution in [-0.4, -0.2) is 13.2 Å². The average molecular weight is 276 g/mol. The summed E-state index contributed by atoms with van der Waals surface area (Å²) in [5.41, 5.74) is 3.25. The molecule has 1 aromatic rings. The minimum absolute atomic E-state index is 0.159. The van der Waals surface area contributed by atoms with Crippen molar-refractivity contribution in [3.05, 3.63) is 28.0 Å². The molecule has 2 unspecified atom stereocenters. The van der Waals surface area contributed by atoms with Crippen molar-refractivity contribution in [3.8, 4) is 5.75 Å². The third-order valence-electron chi connectivity index (χ3n) is 2.42. The van der Waals surface area contributed by atoms with Gasteiger partial charge in [0.15, 0.2) is 0 Å². The number of nitrogens with one attached hydrogen (secondary N) is 1. The second kappa shape index (κ2) is 4.08. The predicted octanol–water partition coefficient (Wildman–Crippen LogP) is 2.56. The molecule has 5 heteroatoms. The molecule has 3 nitrogen and oxygen atoms in total. The Hall–Kier alpha value is -0.650. The Morgan fingerprint density at radius 3 is 2.93 bits per heavy atom. The first-order valence-corrected chi connectivity index (χ1v) is 5.37. The van der Waals surface area contributed by atoms with Gasteiger partial charge in [-0.2, -0.15) is 5.48 Å². The van der Waals surface area contributed by atoms with Crippen LogP contribution in [0.1, 0.15) is 18.5 Å². The smallest absolute Gasteiger partial charge is 0.141 e. The van der Waals surface area contributed by atoms with E-state index in [1.807, 2.05) is 6.92 Å². The van der Waals surface area contributed by atoms with Crippen molar-refractivity contribution in [2.24, 2.45) is 0 Å². The standard InChI is InChI=1S/C10H11BrFNO2/c1-5-9(13-14-2)8-7(12)4-3-6(11)10(8)15-5/h3-5,9,13H,1-2H3. The maximum atomic E-state index is 13.6. The number of hydrogen-bond donors (Lipinski definition) is 1. The summed E-state index contributed by atoms with van der Waals surface area (Å²) in [6.07, 6.45) is -0.159. The Labute approximate surface area is 95.6 Å². The van der Waals surface area contributed by atoms with Crippen molar-refractivity contribution in [2.45, 2.75) is 19.1 Å². The number of fused-ring (bicyclic) bond motifs is 1. The number of hydrogen-bond acceptors (Lipinski definition) is 3. The Morgan fingerprint density at radius 2 is 2.27 bits per heavy atom. The Kier molecular flexibility index (Phi) is 2.95. The highest BCUT2D eigenvalue weighted by atomic mass is 79.9. The lowest BCUT2D eigenvalue weighted by Crippen LogP contribution is -2.28. The molecule has 15 heavy (non-hydrogen) atoms. The Bertz CT molecular complexity index is 386. The van der Waals surface area contributed by atoms with Gasteiger partial charge in [0, 0.05) is 0 Å². The molecule has 2 atom stereocenters. The summed E-state index contributed by atoms with van der Waals surface area (Å²) in [6, 6.07) is 2.77. The fourth-order valence-electron chi connectivity index (χ4n) is 1.73. The molecular formula is C10H11BrFNO2. The van der Waals surface area contributed by atoms with Crippen LogP contribution in [0.4, 0.5) is 4.39 Å². The van der Waals surface area contributed by atoms with Crippen LogP contribution in [0, 0.1) is 5.82 Å². The molecular weight excluding hydrogens is 265 g/mol. The monoisotopic (exact) mass is 275 g/mol. The van der Waals surface area contributed by atoms with Crippen LogP contribution in [-0.2, 0) is 4.84 Å². The lowest BCUT2D eigenvalue weighted by Gasteiger charge is -2.14. The SMILES string of the molecule is CONC1c2c(F)ccc(Br)c2OC1C. The molecule has 1 N–H and O–H groups in total.